The number of carbonyl (C=O) groups is 1. The van der Waals surface area contributed by atoms with Gasteiger partial charge in [0, 0.05) is 61.8 Å². The molecule has 1 aliphatic heterocycles. The van der Waals surface area contributed by atoms with Crippen LogP contribution in [0.25, 0.3) is 28.0 Å². The second kappa shape index (κ2) is 11.3. The fourth-order valence-electron chi connectivity index (χ4n) is 5.78. The van der Waals surface area contributed by atoms with E-state index in [-0.39, 0.29) is 11.7 Å². The molecular weight excluding hydrogens is 591 g/mol. The van der Waals surface area contributed by atoms with Gasteiger partial charge in [-0.05, 0) is 68.0 Å². The molecule has 5 aromatic rings. The lowest BCUT2D eigenvalue weighted by Gasteiger charge is -2.40. The Morgan fingerprint density at radius 1 is 1.11 bits per heavy atom. The van der Waals surface area contributed by atoms with Gasteiger partial charge >= 0.3 is 0 Å². The Balaban J connectivity index is 1.09. The van der Waals surface area contributed by atoms with Crippen molar-refractivity contribution >= 4 is 33.8 Å². The van der Waals surface area contributed by atoms with Crippen LogP contribution < -0.4 is 4.90 Å². The van der Waals surface area contributed by atoms with Gasteiger partial charge in [-0.1, -0.05) is 18.3 Å². The maximum Gasteiger partial charge on any atom is 0.254 e. The highest BCUT2D eigenvalue weighted by atomic mass is 32.1. The van der Waals surface area contributed by atoms with Crippen LogP contribution in [0.5, 0.6) is 0 Å². The van der Waals surface area contributed by atoms with Gasteiger partial charge in [0.05, 0.1) is 5.69 Å². The number of aliphatic hydroxyl groups is 1. The van der Waals surface area contributed by atoms with Crippen molar-refractivity contribution in [2.24, 2.45) is 5.92 Å². The Bertz CT molecular complexity index is 1940. The molecule has 0 bridgehead atoms. The number of nitrogens with zero attached hydrogens (tertiary/aromatic N) is 8. The Morgan fingerprint density at radius 3 is 2.49 bits per heavy atom. The number of rotatable bonds is 9. The van der Waals surface area contributed by atoms with E-state index in [4.69, 9.17) is 9.97 Å². The van der Waals surface area contributed by atoms with Gasteiger partial charge in [0.15, 0.2) is 5.13 Å². The van der Waals surface area contributed by atoms with Crippen molar-refractivity contribution in [2.75, 3.05) is 25.0 Å². The molecule has 228 valence electrons. The van der Waals surface area contributed by atoms with Crippen molar-refractivity contribution in [1.82, 2.24) is 29.2 Å². The Hall–Kier alpha value is -4.73. The topological polar surface area (TPSA) is 124 Å². The van der Waals surface area contributed by atoms with E-state index in [0.717, 1.165) is 47.0 Å². The second-order valence-electron chi connectivity index (χ2n) is 11.8. The van der Waals surface area contributed by atoms with Crippen molar-refractivity contribution in [3.63, 3.8) is 0 Å². The van der Waals surface area contributed by atoms with Crippen LogP contribution >= 0.6 is 11.3 Å². The molecule has 12 heteroatoms. The number of anilines is 2. The number of hydrogen-bond donors (Lipinski definition) is 1. The number of aryl methyl sites for hydroxylation is 2. The van der Waals surface area contributed by atoms with Crippen LogP contribution in [0, 0.1) is 23.1 Å². The SMILES string of the molecule is CCc1nc2ccc(-c3cnc(CCC4CN(C(=O)C5(O)CC5)C4)nc3)cn2c1N(C)c1nc(-c2ccc(F)cc2)c(C#N)s1. The predicted octanol–water partition coefficient (Wildman–Crippen LogP) is 5.17. The number of imidazole rings is 1. The van der Waals surface area contributed by atoms with Crippen molar-refractivity contribution < 1.29 is 14.3 Å². The van der Waals surface area contributed by atoms with E-state index in [2.05, 4.69) is 16.0 Å². The summed E-state index contributed by atoms with van der Waals surface area (Å²) in [6, 6.07) is 12.2. The molecule has 10 nitrogen and oxygen atoms in total. The standard InChI is InChI=1S/C33H31FN8O2S/c1-3-25-30(40(2)32-39-29(26(14-35)45-32)21-5-8-24(34)9-6-21)42-19-22(7-11-28(42)38-25)23-15-36-27(37-16-23)10-4-20-17-41(18-20)31(43)33(44)12-13-33/h5-9,11,15-16,19-20,44H,3-4,10,12-13,17-18H2,1-2H3. The van der Waals surface area contributed by atoms with E-state index in [1.807, 2.05) is 54.0 Å². The first-order valence-electron chi connectivity index (χ1n) is 15.0. The zero-order valence-corrected chi connectivity index (χ0v) is 25.8. The molecule has 1 saturated heterocycles. The van der Waals surface area contributed by atoms with E-state index in [1.54, 1.807) is 17.0 Å². The highest BCUT2D eigenvalue weighted by Crippen LogP contribution is 2.39. The van der Waals surface area contributed by atoms with Gasteiger partial charge in [-0.2, -0.15) is 5.26 Å². The van der Waals surface area contributed by atoms with Gasteiger partial charge < -0.3 is 14.9 Å². The van der Waals surface area contributed by atoms with Gasteiger partial charge in [0.25, 0.3) is 5.91 Å². The molecule has 2 aliphatic rings. The molecule has 0 unspecified atom stereocenters. The number of benzene rings is 1. The highest BCUT2D eigenvalue weighted by molar-refractivity contribution is 7.16. The minimum absolute atomic E-state index is 0.122. The van der Waals surface area contributed by atoms with Gasteiger partial charge in [-0.3, -0.25) is 9.20 Å². The maximum absolute atomic E-state index is 13.5. The number of fused-ring (bicyclic) bond motifs is 1. The zero-order valence-electron chi connectivity index (χ0n) is 24.9. The van der Waals surface area contributed by atoms with Gasteiger partial charge in [-0.15, -0.1) is 0 Å². The Labute approximate surface area is 263 Å². The first kappa shape index (κ1) is 29.0. The molecule has 2 fully saturated rings. The summed E-state index contributed by atoms with van der Waals surface area (Å²) in [5.74, 6) is 1.54. The molecule has 0 atom stereocenters. The monoisotopic (exact) mass is 622 g/mol. The third kappa shape index (κ3) is 5.43. The number of likely N-dealkylation sites (tertiary alicyclic amines) is 1. The van der Waals surface area contributed by atoms with Gasteiger partial charge in [0.2, 0.25) is 0 Å². The molecule has 1 N–H and O–H groups in total. The molecule has 1 amide bonds. The number of nitriles is 1. The summed E-state index contributed by atoms with van der Waals surface area (Å²) in [5, 5.41) is 20.5. The van der Waals surface area contributed by atoms with E-state index in [9.17, 15) is 19.6 Å². The second-order valence-corrected chi connectivity index (χ2v) is 12.7. The number of halogens is 1. The molecule has 7 rings (SSSR count). The van der Waals surface area contributed by atoms with Crippen LogP contribution in [-0.2, 0) is 17.6 Å². The van der Waals surface area contributed by atoms with Crippen molar-refractivity contribution in [1.29, 1.82) is 5.26 Å². The molecule has 45 heavy (non-hydrogen) atoms. The van der Waals surface area contributed by atoms with Crippen LogP contribution in [0.1, 0.15) is 42.6 Å². The van der Waals surface area contributed by atoms with E-state index < -0.39 is 5.60 Å². The average molecular weight is 623 g/mol. The van der Waals surface area contributed by atoms with Gasteiger partial charge in [0.1, 0.15) is 45.3 Å². The lowest BCUT2D eigenvalue weighted by atomic mass is 9.93. The molecule has 5 heterocycles. The number of aromatic nitrogens is 5. The number of pyridine rings is 1. The van der Waals surface area contributed by atoms with Crippen molar-refractivity contribution in [3.05, 3.63) is 77.2 Å². The number of thiazole rings is 1. The summed E-state index contributed by atoms with van der Waals surface area (Å²) in [6.07, 6.45) is 9.15. The van der Waals surface area contributed by atoms with Crippen LogP contribution in [0.2, 0.25) is 0 Å². The minimum Gasteiger partial charge on any atom is -0.380 e. The van der Waals surface area contributed by atoms with Crippen LogP contribution in [0.3, 0.4) is 0 Å². The maximum atomic E-state index is 13.5. The molecule has 0 radical (unpaired) electrons. The van der Waals surface area contributed by atoms with Gasteiger partial charge in [-0.25, -0.2) is 24.3 Å². The van der Waals surface area contributed by atoms with Crippen molar-refractivity contribution in [3.8, 4) is 28.5 Å². The predicted molar refractivity (Wildman–Crippen MR) is 168 cm³/mol. The number of hydrogen-bond acceptors (Lipinski definition) is 9. The van der Waals surface area contributed by atoms with E-state index >= 15 is 0 Å². The average Bonchev–Trinajstić information content (AvgIpc) is 3.48. The fraction of sp³-hybridized carbons (Fsp3) is 0.333. The van der Waals surface area contributed by atoms with Crippen LogP contribution in [-0.4, -0.2) is 66.0 Å². The summed E-state index contributed by atoms with van der Waals surface area (Å²) in [4.78, 5) is 35.3. The van der Waals surface area contributed by atoms with Crippen molar-refractivity contribution in [2.45, 2.75) is 44.6 Å². The Morgan fingerprint density at radius 2 is 1.82 bits per heavy atom. The molecule has 0 spiro atoms. The highest BCUT2D eigenvalue weighted by Gasteiger charge is 2.52. The summed E-state index contributed by atoms with van der Waals surface area (Å²) in [5.41, 5.74) is 3.59. The number of amides is 1. The third-order valence-corrected chi connectivity index (χ3v) is 9.65. The van der Waals surface area contributed by atoms with E-state index in [1.165, 1.54) is 23.5 Å². The summed E-state index contributed by atoms with van der Waals surface area (Å²) in [7, 11) is 1.91. The molecular formula is C33H31FN8O2S. The van der Waals surface area contributed by atoms with E-state index in [0.29, 0.717) is 59.5 Å². The summed E-state index contributed by atoms with van der Waals surface area (Å²) in [6.45, 7) is 3.42. The fourth-order valence-corrected chi connectivity index (χ4v) is 6.63. The Kier molecular flexibility index (Phi) is 7.30. The molecule has 1 saturated carbocycles. The van der Waals surface area contributed by atoms with Crippen LogP contribution in [0.4, 0.5) is 15.3 Å². The normalized spacial score (nSPS) is 15.6. The first-order valence-corrected chi connectivity index (χ1v) is 15.8. The third-order valence-electron chi connectivity index (χ3n) is 8.62. The summed E-state index contributed by atoms with van der Waals surface area (Å²) < 4.78 is 15.6. The largest absolute Gasteiger partial charge is 0.380 e. The molecule has 4 aromatic heterocycles. The smallest absolute Gasteiger partial charge is 0.254 e. The minimum atomic E-state index is -1.09. The van der Waals surface area contributed by atoms with Crippen LogP contribution in [0.15, 0.2) is 55.0 Å². The lowest BCUT2D eigenvalue weighted by Crippen LogP contribution is -2.54. The number of carbonyl (C=O) groups excluding carboxylic acids is 1. The lowest BCUT2D eigenvalue weighted by molar-refractivity contribution is -0.149. The molecule has 1 aromatic carbocycles. The molecule has 1 aliphatic carbocycles. The zero-order chi connectivity index (χ0) is 31.3. The summed E-state index contributed by atoms with van der Waals surface area (Å²) >= 11 is 1.28. The first-order chi connectivity index (χ1) is 21.8. The quantitative estimate of drug-likeness (QED) is 0.239.